The van der Waals surface area contributed by atoms with Crippen molar-refractivity contribution in [1.29, 1.82) is 0 Å². The third kappa shape index (κ3) is 2.27. The fraction of sp³-hybridized carbons (Fsp3) is 0.875. The van der Waals surface area contributed by atoms with Crippen LogP contribution in [0.2, 0.25) is 0 Å². The number of carbonyl (C=O) groups excluding carboxylic acids is 1. The van der Waals surface area contributed by atoms with Crippen molar-refractivity contribution in [3.05, 3.63) is 0 Å². The van der Waals surface area contributed by atoms with Crippen LogP contribution in [0, 0.1) is 0 Å². The minimum absolute atomic E-state index is 0.837. The van der Waals surface area contributed by atoms with Crippen molar-refractivity contribution in [2.24, 2.45) is 0 Å². The summed E-state index contributed by atoms with van der Waals surface area (Å²) in [7, 11) is 2.37. The molecule has 0 saturated carbocycles. The quantitative estimate of drug-likeness (QED) is 0.448. The molecule has 1 saturated heterocycles. The average molecular weight is 222 g/mol. The van der Waals surface area contributed by atoms with Crippen LogP contribution in [0.1, 0.15) is 0 Å². The second-order valence-corrected chi connectivity index (χ2v) is 3.16. The fourth-order valence-corrected chi connectivity index (χ4v) is 1.35. The van der Waals surface area contributed by atoms with Crippen LogP contribution in [0.5, 0.6) is 0 Å². The molecular formula is C8H14O7. The maximum atomic E-state index is 11.1. The zero-order valence-electron chi connectivity index (χ0n) is 8.36. The third-order valence-corrected chi connectivity index (χ3v) is 2.24. The summed E-state index contributed by atoms with van der Waals surface area (Å²) in [6, 6.07) is 0. The second kappa shape index (κ2) is 4.86. The van der Waals surface area contributed by atoms with Crippen LogP contribution >= 0.6 is 0 Å². The van der Waals surface area contributed by atoms with E-state index in [-0.39, 0.29) is 0 Å². The van der Waals surface area contributed by atoms with E-state index in [1.165, 1.54) is 7.11 Å². The van der Waals surface area contributed by atoms with Gasteiger partial charge in [0, 0.05) is 7.11 Å². The minimum atomic E-state index is -1.54. The van der Waals surface area contributed by atoms with Gasteiger partial charge in [0.15, 0.2) is 12.4 Å². The van der Waals surface area contributed by atoms with Gasteiger partial charge in [-0.05, 0) is 0 Å². The van der Waals surface area contributed by atoms with E-state index < -0.39 is 36.7 Å². The molecule has 15 heavy (non-hydrogen) atoms. The topological polar surface area (TPSA) is 105 Å². The van der Waals surface area contributed by atoms with Gasteiger partial charge in [0.05, 0.1) is 7.11 Å². The molecule has 7 nitrogen and oxygen atoms in total. The molecule has 0 aromatic carbocycles. The molecule has 88 valence electrons. The molecule has 0 aromatic rings. The Morgan fingerprint density at radius 3 is 2.20 bits per heavy atom. The smallest absolute Gasteiger partial charge is 0.337 e. The van der Waals surface area contributed by atoms with Crippen LogP contribution < -0.4 is 0 Å². The Morgan fingerprint density at radius 2 is 1.73 bits per heavy atom. The molecule has 1 rings (SSSR count). The highest BCUT2D eigenvalue weighted by Gasteiger charge is 2.47. The first-order valence-electron chi connectivity index (χ1n) is 4.33. The molecule has 3 N–H and O–H groups in total. The van der Waals surface area contributed by atoms with Crippen molar-refractivity contribution in [2.75, 3.05) is 14.2 Å². The monoisotopic (exact) mass is 222 g/mol. The van der Waals surface area contributed by atoms with Crippen LogP contribution in [-0.2, 0) is 19.0 Å². The van der Waals surface area contributed by atoms with Crippen LogP contribution in [0.3, 0.4) is 0 Å². The number of carbonyl (C=O) groups is 1. The summed E-state index contributed by atoms with van der Waals surface area (Å²) < 4.78 is 14.0. The molecule has 0 spiro atoms. The van der Waals surface area contributed by atoms with Gasteiger partial charge >= 0.3 is 5.97 Å². The zero-order valence-corrected chi connectivity index (χ0v) is 8.36. The summed E-state index contributed by atoms with van der Waals surface area (Å²) in [6.07, 6.45) is -7.01. The van der Waals surface area contributed by atoms with Crippen molar-refractivity contribution < 1.29 is 34.3 Å². The van der Waals surface area contributed by atoms with Crippen molar-refractivity contribution in [3.63, 3.8) is 0 Å². The van der Waals surface area contributed by atoms with Crippen molar-refractivity contribution in [2.45, 2.75) is 30.7 Å². The Kier molecular flexibility index (Phi) is 4.00. The molecule has 5 atom stereocenters. The van der Waals surface area contributed by atoms with Crippen LogP contribution in [0.4, 0.5) is 0 Å². The average Bonchev–Trinajstić information content (AvgIpc) is 2.25. The molecule has 0 radical (unpaired) electrons. The number of hydrogen-bond donors (Lipinski definition) is 3. The highest BCUT2D eigenvalue weighted by Crippen LogP contribution is 2.22. The lowest BCUT2D eigenvalue weighted by atomic mass is 9.99. The SMILES string of the molecule is COC(=O)C1O[C@H](OC)C(O)[C@@H](O)[C@@H]1O. The highest BCUT2D eigenvalue weighted by atomic mass is 16.7. The Hall–Kier alpha value is -0.730. The molecule has 1 heterocycles. The summed E-state index contributed by atoms with van der Waals surface area (Å²) in [5.74, 6) is -0.837. The van der Waals surface area contributed by atoms with Gasteiger partial charge in [-0.2, -0.15) is 0 Å². The number of esters is 1. The maximum absolute atomic E-state index is 11.1. The van der Waals surface area contributed by atoms with E-state index in [0.29, 0.717) is 0 Å². The molecule has 1 aliphatic rings. The normalized spacial score (nSPS) is 41.3. The number of aliphatic hydroxyl groups is 3. The molecule has 0 aromatic heterocycles. The van der Waals surface area contributed by atoms with Gasteiger partial charge in [0.2, 0.25) is 0 Å². The first-order chi connectivity index (χ1) is 7.02. The standard InChI is InChI=1S/C8H14O7/c1-13-7(12)6-4(10)3(9)5(11)8(14-2)15-6/h3-6,8-11H,1-2H3/t3-,4-,5?,6?,8-/m0/s1. The lowest BCUT2D eigenvalue weighted by molar-refractivity contribution is -0.288. The zero-order chi connectivity index (χ0) is 11.6. The van der Waals surface area contributed by atoms with E-state index in [1.54, 1.807) is 0 Å². The molecule has 2 unspecified atom stereocenters. The van der Waals surface area contributed by atoms with Crippen molar-refractivity contribution in [1.82, 2.24) is 0 Å². The predicted molar refractivity (Wildman–Crippen MR) is 45.7 cm³/mol. The van der Waals surface area contributed by atoms with E-state index >= 15 is 0 Å². The summed E-state index contributed by atoms with van der Waals surface area (Å²) in [6.45, 7) is 0. The minimum Gasteiger partial charge on any atom is -0.467 e. The van der Waals surface area contributed by atoms with E-state index in [9.17, 15) is 20.1 Å². The third-order valence-electron chi connectivity index (χ3n) is 2.24. The lowest BCUT2D eigenvalue weighted by Gasteiger charge is -2.38. The van der Waals surface area contributed by atoms with E-state index in [1.807, 2.05) is 0 Å². The van der Waals surface area contributed by atoms with E-state index in [4.69, 9.17) is 9.47 Å². The van der Waals surface area contributed by atoms with E-state index in [2.05, 4.69) is 4.74 Å². The molecule has 0 bridgehead atoms. The number of ether oxygens (including phenoxy) is 3. The Balaban J connectivity index is 2.78. The first-order valence-corrected chi connectivity index (χ1v) is 4.33. The van der Waals surface area contributed by atoms with Crippen molar-refractivity contribution >= 4 is 5.97 Å². The van der Waals surface area contributed by atoms with Gasteiger partial charge < -0.3 is 29.5 Å². The van der Waals surface area contributed by atoms with Crippen LogP contribution in [-0.4, -0.2) is 66.2 Å². The lowest BCUT2D eigenvalue weighted by Crippen LogP contribution is -2.60. The molecule has 1 aliphatic heterocycles. The molecule has 7 heteroatoms. The largest absolute Gasteiger partial charge is 0.467 e. The summed E-state index contributed by atoms with van der Waals surface area (Å²) >= 11 is 0. The van der Waals surface area contributed by atoms with Gasteiger partial charge in [0.1, 0.15) is 18.3 Å². The Bertz CT molecular complexity index is 229. The summed E-state index contributed by atoms with van der Waals surface area (Å²) in [4.78, 5) is 11.1. The van der Waals surface area contributed by atoms with Gasteiger partial charge in [0.25, 0.3) is 0 Å². The number of methoxy groups -OCH3 is 2. The van der Waals surface area contributed by atoms with Crippen LogP contribution in [0.15, 0.2) is 0 Å². The fourth-order valence-electron chi connectivity index (χ4n) is 1.35. The van der Waals surface area contributed by atoms with Gasteiger partial charge in [-0.3, -0.25) is 0 Å². The maximum Gasteiger partial charge on any atom is 0.337 e. The second-order valence-electron chi connectivity index (χ2n) is 3.16. The predicted octanol–water partition coefficient (Wildman–Crippen LogP) is -2.39. The van der Waals surface area contributed by atoms with Gasteiger partial charge in [-0.15, -0.1) is 0 Å². The van der Waals surface area contributed by atoms with Crippen molar-refractivity contribution in [3.8, 4) is 0 Å². The molecular weight excluding hydrogens is 208 g/mol. The molecule has 1 fully saturated rings. The summed E-state index contributed by atoms with van der Waals surface area (Å²) in [5.41, 5.74) is 0. The number of rotatable bonds is 2. The number of aliphatic hydroxyl groups excluding tert-OH is 3. The summed E-state index contributed by atoms with van der Waals surface area (Å²) in [5, 5.41) is 28.2. The molecule has 0 aliphatic carbocycles. The van der Waals surface area contributed by atoms with E-state index in [0.717, 1.165) is 7.11 Å². The van der Waals surface area contributed by atoms with Gasteiger partial charge in [-0.1, -0.05) is 0 Å². The highest BCUT2D eigenvalue weighted by molar-refractivity contribution is 5.75. The van der Waals surface area contributed by atoms with Gasteiger partial charge in [-0.25, -0.2) is 4.79 Å². The molecule has 0 amide bonds. The Labute approximate surface area is 86.2 Å². The van der Waals surface area contributed by atoms with Crippen LogP contribution in [0.25, 0.3) is 0 Å². The number of hydrogen-bond acceptors (Lipinski definition) is 7. The Morgan fingerprint density at radius 1 is 1.13 bits per heavy atom. The first kappa shape index (κ1) is 12.3.